The van der Waals surface area contributed by atoms with Gasteiger partial charge in [-0.25, -0.2) is 4.79 Å². The number of rotatable bonds is 3. The topological polar surface area (TPSA) is 46.5 Å². The molecule has 0 saturated heterocycles. The number of halogens is 2. The third kappa shape index (κ3) is 2.53. The summed E-state index contributed by atoms with van der Waals surface area (Å²) < 4.78 is 5.07. The van der Waals surface area contributed by atoms with Crippen LogP contribution in [-0.2, 0) is 4.79 Å². The number of carboxylic acid groups (broad SMARTS) is 1. The molecule has 14 heavy (non-hydrogen) atoms. The molecule has 0 aliphatic rings. The zero-order chi connectivity index (χ0) is 10.7. The summed E-state index contributed by atoms with van der Waals surface area (Å²) in [5.41, 5.74) is 0. The molecule has 1 unspecified atom stereocenters. The molecule has 1 aromatic rings. The summed E-state index contributed by atoms with van der Waals surface area (Å²) in [6.07, 6.45) is -0.953. The summed E-state index contributed by atoms with van der Waals surface area (Å²) in [7, 11) is 0. The van der Waals surface area contributed by atoms with Crippen LogP contribution < -0.4 is 4.74 Å². The summed E-state index contributed by atoms with van der Waals surface area (Å²) >= 11 is 11.5. The maximum Gasteiger partial charge on any atom is 0.344 e. The Kier molecular flexibility index (Phi) is 3.61. The maximum absolute atomic E-state index is 10.5. The molecule has 0 fully saturated rings. The predicted octanol–water partition coefficient (Wildman–Crippen LogP) is 2.85. The fourth-order valence-electron chi connectivity index (χ4n) is 0.816. The number of carboxylic acids is 1. The molecule has 0 spiro atoms. The number of ether oxygens (including phenoxy) is 1. The van der Waals surface area contributed by atoms with Crippen molar-refractivity contribution in [2.75, 3.05) is 0 Å². The zero-order valence-corrected chi connectivity index (χ0v) is 8.84. The van der Waals surface area contributed by atoms with Gasteiger partial charge in [0, 0.05) is 0 Å². The van der Waals surface area contributed by atoms with E-state index in [-0.39, 0.29) is 10.8 Å². The lowest BCUT2D eigenvalue weighted by molar-refractivity contribution is -0.144. The number of carbonyl (C=O) groups is 1. The van der Waals surface area contributed by atoms with E-state index in [1.54, 1.807) is 18.2 Å². The van der Waals surface area contributed by atoms with Crippen molar-refractivity contribution in [1.29, 1.82) is 0 Å². The molecule has 0 heterocycles. The fraction of sp³-hybridized carbons (Fsp3) is 0.222. The van der Waals surface area contributed by atoms with Crippen LogP contribution in [0.5, 0.6) is 5.75 Å². The Bertz CT molecular complexity index is 352. The van der Waals surface area contributed by atoms with E-state index in [1.165, 1.54) is 6.92 Å². The molecule has 0 bridgehead atoms. The highest BCUT2D eigenvalue weighted by Crippen LogP contribution is 2.31. The Morgan fingerprint density at radius 2 is 2.14 bits per heavy atom. The smallest absolute Gasteiger partial charge is 0.344 e. The first kappa shape index (κ1) is 11.1. The van der Waals surface area contributed by atoms with E-state index in [2.05, 4.69) is 0 Å². The highest BCUT2D eigenvalue weighted by Gasteiger charge is 2.15. The second-order valence-electron chi connectivity index (χ2n) is 2.65. The van der Waals surface area contributed by atoms with Crippen molar-refractivity contribution in [2.45, 2.75) is 13.0 Å². The molecule has 5 heteroatoms. The van der Waals surface area contributed by atoms with Gasteiger partial charge in [0.2, 0.25) is 0 Å². The van der Waals surface area contributed by atoms with Crippen molar-refractivity contribution in [1.82, 2.24) is 0 Å². The Morgan fingerprint density at radius 3 is 2.71 bits per heavy atom. The van der Waals surface area contributed by atoms with Crippen LogP contribution >= 0.6 is 23.2 Å². The zero-order valence-electron chi connectivity index (χ0n) is 7.33. The van der Waals surface area contributed by atoms with Gasteiger partial charge in [-0.15, -0.1) is 0 Å². The largest absolute Gasteiger partial charge is 0.479 e. The van der Waals surface area contributed by atoms with E-state index < -0.39 is 12.1 Å². The molecule has 3 nitrogen and oxygen atoms in total. The molecule has 1 rings (SSSR count). The van der Waals surface area contributed by atoms with Crippen molar-refractivity contribution in [3.8, 4) is 5.75 Å². The van der Waals surface area contributed by atoms with Crippen molar-refractivity contribution >= 4 is 29.2 Å². The van der Waals surface area contributed by atoms with Crippen LogP contribution in [0.4, 0.5) is 0 Å². The van der Waals surface area contributed by atoms with Gasteiger partial charge in [0.05, 0.1) is 5.02 Å². The molecule has 1 atom stereocenters. The van der Waals surface area contributed by atoms with Crippen LogP contribution in [0.3, 0.4) is 0 Å². The fourth-order valence-corrected chi connectivity index (χ4v) is 1.15. The summed E-state index contributed by atoms with van der Waals surface area (Å²) in [5, 5.41) is 9.16. The van der Waals surface area contributed by atoms with E-state index >= 15 is 0 Å². The average Bonchev–Trinajstić information content (AvgIpc) is 2.12. The van der Waals surface area contributed by atoms with Crippen LogP contribution in [0.1, 0.15) is 6.92 Å². The summed E-state index contributed by atoms with van der Waals surface area (Å²) in [6.45, 7) is 1.42. The monoisotopic (exact) mass is 234 g/mol. The molecule has 0 aliphatic carbocycles. The Morgan fingerprint density at radius 1 is 1.50 bits per heavy atom. The first-order valence-corrected chi connectivity index (χ1v) is 4.61. The standard InChI is InChI=1S/C9H8Cl2O3/c1-5(9(12)13)14-7-4-2-3-6(10)8(7)11/h2-5H,1H3,(H,12,13). The second kappa shape index (κ2) is 4.53. The number of benzene rings is 1. The summed E-state index contributed by atoms with van der Waals surface area (Å²) in [6, 6.07) is 4.80. The Hall–Kier alpha value is -0.930. The van der Waals surface area contributed by atoms with Gasteiger partial charge in [-0.05, 0) is 19.1 Å². The van der Waals surface area contributed by atoms with E-state index in [4.69, 9.17) is 33.0 Å². The minimum absolute atomic E-state index is 0.224. The highest BCUT2D eigenvalue weighted by molar-refractivity contribution is 6.42. The minimum Gasteiger partial charge on any atom is -0.479 e. The van der Waals surface area contributed by atoms with Crippen LogP contribution in [-0.4, -0.2) is 17.2 Å². The molecule has 0 aromatic heterocycles. The van der Waals surface area contributed by atoms with Gasteiger partial charge in [0.25, 0.3) is 0 Å². The van der Waals surface area contributed by atoms with Gasteiger partial charge in [-0.1, -0.05) is 29.3 Å². The van der Waals surface area contributed by atoms with Gasteiger partial charge in [-0.3, -0.25) is 0 Å². The first-order chi connectivity index (χ1) is 6.52. The lowest BCUT2D eigenvalue weighted by atomic mass is 10.3. The van der Waals surface area contributed by atoms with Gasteiger partial charge < -0.3 is 9.84 Å². The van der Waals surface area contributed by atoms with Gasteiger partial charge in [0.1, 0.15) is 10.8 Å². The molecule has 0 amide bonds. The molecular formula is C9H8Cl2O3. The van der Waals surface area contributed by atoms with Crippen molar-refractivity contribution in [3.63, 3.8) is 0 Å². The predicted molar refractivity (Wildman–Crippen MR) is 54.2 cm³/mol. The normalized spacial score (nSPS) is 12.2. The molecule has 0 saturated carbocycles. The highest BCUT2D eigenvalue weighted by atomic mass is 35.5. The minimum atomic E-state index is -1.05. The third-order valence-corrected chi connectivity index (χ3v) is 2.37. The summed E-state index contributed by atoms with van der Waals surface area (Å²) in [4.78, 5) is 10.5. The first-order valence-electron chi connectivity index (χ1n) is 3.86. The lowest BCUT2D eigenvalue weighted by Gasteiger charge is -2.11. The van der Waals surface area contributed by atoms with Crippen LogP contribution in [0, 0.1) is 0 Å². The number of hydrogen-bond donors (Lipinski definition) is 1. The van der Waals surface area contributed by atoms with E-state index in [9.17, 15) is 4.79 Å². The summed E-state index contributed by atoms with van der Waals surface area (Å²) in [5.74, 6) is -0.782. The van der Waals surface area contributed by atoms with E-state index in [0.29, 0.717) is 5.02 Å². The maximum atomic E-state index is 10.5. The van der Waals surface area contributed by atoms with Crippen LogP contribution in [0.25, 0.3) is 0 Å². The van der Waals surface area contributed by atoms with Crippen molar-refractivity contribution in [3.05, 3.63) is 28.2 Å². The number of aliphatic carboxylic acids is 1. The van der Waals surface area contributed by atoms with Crippen LogP contribution in [0.15, 0.2) is 18.2 Å². The van der Waals surface area contributed by atoms with Crippen molar-refractivity contribution in [2.24, 2.45) is 0 Å². The van der Waals surface area contributed by atoms with Gasteiger partial charge >= 0.3 is 5.97 Å². The molecule has 1 N–H and O–H groups in total. The third-order valence-electron chi connectivity index (χ3n) is 1.57. The molecule has 76 valence electrons. The van der Waals surface area contributed by atoms with E-state index in [1.807, 2.05) is 0 Å². The quantitative estimate of drug-likeness (QED) is 0.876. The van der Waals surface area contributed by atoms with Crippen LogP contribution in [0.2, 0.25) is 10.0 Å². The molecule has 0 aliphatic heterocycles. The molecule has 0 radical (unpaired) electrons. The average molecular weight is 235 g/mol. The van der Waals surface area contributed by atoms with E-state index in [0.717, 1.165) is 0 Å². The van der Waals surface area contributed by atoms with Gasteiger partial charge in [-0.2, -0.15) is 0 Å². The SMILES string of the molecule is CC(Oc1cccc(Cl)c1Cl)C(=O)O. The second-order valence-corrected chi connectivity index (χ2v) is 3.44. The molecular weight excluding hydrogens is 227 g/mol. The molecule has 1 aromatic carbocycles. The van der Waals surface area contributed by atoms with Gasteiger partial charge in [0.15, 0.2) is 6.10 Å². The number of hydrogen-bond acceptors (Lipinski definition) is 2. The lowest BCUT2D eigenvalue weighted by Crippen LogP contribution is -2.22. The Labute approximate surface area is 91.2 Å². The Balaban J connectivity index is 2.87. The van der Waals surface area contributed by atoms with Crippen molar-refractivity contribution < 1.29 is 14.6 Å².